The van der Waals surface area contributed by atoms with Crippen molar-refractivity contribution in [3.8, 4) is 17.5 Å². The van der Waals surface area contributed by atoms with Gasteiger partial charge in [0.2, 0.25) is 5.69 Å². The van der Waals surface area contributed by atoms with Gasteiger partial charge in [-0.05, 0) is 30.8 Å². The summed E-state index contributed by atoms with van der Waals surface area (Å²) in [4.78, 5) is 6.04. The van der Waals surface area contributed by atoms with Gasteiger partial charge in [-0.25, -0.2) is 0 Å². The molecule has 0 radical (unpaired) electrons. The highest BCUT2D eigenvalue weighted by Crippen LogP contribution is 2.20. The van der Waals surface area contributed by atoms with Crippen molar-refractivity contribution in [3.05, 3.63) is 30.0 Å². The van der Waals surface area contributed by atoms with Crippen molar-refractivity contribution >= 4 is 5.82 Å². The highest BCUT2D eigenvalue weighted by atomic mass is 16.5. The lowest BCUT2D eigenvalue weighted by Gasteiger charge is -2.33. The van der Waals surface area contributed by atoms with Crippen LogP contribution in [0.3, 0.4) is 0 Å². The third-order valence-electron chi connectivity index (χ3n) is 4.12. The number of aromatic nitrogens is 3. The molecule has 120 valence electrons. The Morgan fingerprint density at radius 2 is 1.83 bits per heavy atom. The van der Waals surface area contributed by atoms with Crippen LogP contribution in [0.5, 0.6) is 5.75 Å². The standard InChI is InChI=1S/C16H20N6O/c1-3-20-8-10-21(11-9-20)16-15(12-17)18-22(19-16)13-4-6-14(23-2)7-5-13/h4-7H,3,8-11H2,1-2H3. The van der Waals surface area contributed by atoms with Crippen LogP contribution < -0.4 is 9.64 Å². The van der Waals surface area contributed by atoms with Crippen molar-refractivity contribution in [1.82, 2.24) is 19.9 Å². The fourth-order valence-corrected chi connectivity index (χ4v) is 2.69. The molecule has 0 bridgehead atoms. The van der Waals surface area contributed by atoms with E-state index in [-0.39, 0.29) is 0 Å². The van der Waals surface area contributed by atoms with E-state index in [1.165, 1.54) is 4.80 Å². The third kappa shape index (κ3) is 3.12. The van der Waals surface area contributed by atoms with Gasteiger partial charge in [0.25, 0.3) is 0 Å². The SMILES string of the molecule is CCN1CCN(c2nn(-c3ccc(OC)cc3)nc2C#N)CC1. The fraction of sp³-hybridized carbons (Fsp3) is 0.438. The summed E-state index contributed by atoms with van der Waals surface area (Å²) in [7, 11) is 1.63. The lowest BCUT2D eigenvalue weighted by atomic mass is 10.3. The number of benzene rings is 1. The molecule has 0 amide bonds. The number of methoxy groups -OCH3 is 1. The Kier molecular flexibility index (Phi) is 4.44. The van der Waals surface area contributed by atoms with Crippen LogP contribution in [0.2, 0.25) is 0 Å². The number of hydrogen-bond acceptors (Lipinski definition) is 6. The minimum absolute atomic E-state index is 0.366. The van der Waals surface area contributed by atoms with Crippen molar-refractivity contribution in [2.24, 2.45) is 0 Å². The van der Waals surface area contributed by atoms with E-state index in [9.17, 15) is 5.26 Å². The summed E-state index contributed by atoms with van der Waals surface area (Å²) in [5.74, 6) is 1.44. The van der Waals surface area contributed by atoms with Crippen LogP contribution in [-0.4, -0.2) is 59.7 Å². The molecule has 1 aromatic heterocycles. The number of likely N-dealkylation sites (N-methyl/N-ethyl adjacent to an activating group) is 1. The average molecular weight is 312 g/mol. The van der Waals surface area contributed by atoms with E-state index < -0.39 is 0 Å². The first-order valence-corrected chi connectivity index (χ1v) is 7.74. The molecule has 2 aromatic rings. The molecule has 0 saturated carbocycles. The predicted octanol–water partition coefficient (Wildman–Crippen LogP) is 1.29. The second-order valence-corrected chi connectivity index (χ2v) is 5.39. The Morgan fingerprint density at radius 1 is 1.13 bits per heavy atom. The highest BCUT2D eigenvalue weighted by molar-refractivity contribution is 5.51. The molecule has 0 aliphatic carbocycles. The third-order valence-corrected chi connectivity index (χ3v) is 4.12. The van der Waals surface area contributed by atoms with Crippen molar-refractivity contribution in [3.63, 3.8) is 0 Å². The van der Waals surface area contributed by atoms with Crippen LogP contribution in [0.1, 0.15) is 12.6 Å². The predicted molar refractivity (Wildman–Crippen MR) is 87.0 cm³/mol. The van der Waals surface area contributed by atoms with Gasteiger partial charge in [0, 0.05) is 26.2 Å². The van der Waals surface area contributed by atoms with Crippen molar-refractivity contribution in [2.75, 3.05) is 44.7 Å². The van der Waals surface area contributed by atoms with Gasteiger partial charge in [0.05, 0.1) is 12.8 Å². The second kappa shape index (κ2) is 6.67. The van der Waals surface area contributed by atoms with Gasteiger partial charge in [-0.3, -0.25) is 0 Å². The molecule has 1 saturated heterocycles. The van der Waals surface area contributed by atoms with Gasteiger partial charge < -0.3 is 14.5 Å². The Morgan fingerprint density at radius 3 is 2.39 bits per heavy atom. The zero-order valence-corrected chi connectivity index (χ0v) is 13.4. The molecule has 3 rings (SSSR count). The van der Waals surface area contributed by atoms with Crippen LogP contribution >= 0.6 is 0 Å². The van der Waals surface area contributed by atoms with E-state index in [0.29, 0.717) is 11.5 Å². The number of rotatable bonds is 4. The molecule has 0 unspecified atom stereocenters. The highest BCUT2D eigenvalue weighted by Gasteiger charge is 2.22. The fourth-order valence-electron chi connectivity index (χ4n) is 2.69. The van der Waals surface area contributed by atoms with Gasteiger partial charge >= 0.3 is 0 Å². The van der Waals surface area contributed by atoms with Gasteiger partial charge in [0.1, 0.15) is 11.8 Å². The first-order valence-electron chi connectivity index (χ1n) is 7.74. The monoisotopic (exact) mass is 312 g/mol. The quantitative estimate of drug-likeness (QED) is 0.847. The first kappa shape index (κ1) is 15.3. The van der Waals surface area contributed by atoms with Crippen molar-refractivity contribution in [1.29, 1.82) is 5.26 Å². The number of nitrogens with zero attached hydrogens (tertiary/aromatic N) is 6. The summed E-state index contributed by atoms with van der Waals surface area (Å²) >= 11 is 0. The molecule has 23 heavy (non-hydrogen) atoms. The van der Waals surface area contributed by atoms with E-state index >= 15 is 0 Å². The summed E-state index contributed by atoms with van der Waals surface area (Å²) in [5, 5.41) is 18.2. The molecule has 0 spiro atoms. The number of ether oxygens (including phenoxy) is 1. The normalized spacial score (nSPS) is 15.4. The van der Waals surface area contributed by atoms with E-state index in [4.69, 9.17) is 4.74 Å². The minimum atomic E-state index is 0.366. The molecule has 7 nitrogen and oxygen atoms in total. The number of nitriles is 1. The molecule has 1 aliphatic heterocycles. The van der Waals surface area contributed by atoms with E-state index in [2.05, 4.69) is 33.0 Å². The molecule has 0 N–H and O–H groups in total. The van der Waals surface area contributed by atoms with Crippen molar-refractivity contribution < 1.29 is 4.74 Å². The molecule has 1 fully saturated rings. The molecular weight excluding hydrogens is 292 g/mol. The Balaban J connectivity index is 1.84. The van der Waals surface area contributed by atoms with E-state index in [1.807, 2.05) is 24.3 Å². The summed E-state index contributed by atoms with van der Waals surface area (Å²) in [5.41, 5.74) is 1.17. The largest absolute Gasteiger partial charge is 0.497 e. The average Bonchev–Trinajstić information content (AvgIpc) is 3.06. The number of piperazine rings is 1. The van der Waals surface area contributed by atoms with Crippen LogP contribution in [0.15, 0.2) is 24.3 Å². The summed E-state index contributed by atoms with van der Waals surface area (Å²) < 4.78 is 5.16. The van der Waals surface area contributed by atoms with E-state index in [0.717, 1.165) is 44.2 Å². The van der Waals surface area contributed by atoms with Gasteiger partial charge in [-0.1, -0.05) is 6.92 Å². The Hall–Kier alpha value is -2.59. The van der Waals surface area contributed by atoms with Gasteiger partial charge in [0.15, 0.2) is 5.82 Å². The van der Waals surface area contributed by atoms with Crippen LogP contribution in [0, 0.1) is 11.3 Å². The van der Waals surface area contributed by atoms with E-state index in [1.54, 1.807) is 7.11 Å². The summed E-state index contributed by atoms with van der Waals surface area (Å²) in [6, 6.07) is 9.61. The molecule has 1 aromatic carbocycles. The maximum atomic E-state index is 9.37. The van der Waals surface area contributed by atoms with Gasteiger partial charge in [-0.15, -0.1) is 15.0 Å². The summed E-state index contributed by atoms with van der Waals surface area (Å²) in [6.45, 7) is 6.91. The van der Waals surface area contributed by atoms with Gasteiger partial charge in [-0.2, -0.15) is 5.26 Å². The lowest BCUT2D eigenvalue weighted by molar-refractivity contribution is 0.270. The maximum Gasteiger partial charge on any atom is 0.207 e. The Labute approximate surface area is 135 Å². The van der Waals surface area contributed by atoms with Crippen LogP contribution in [-0.2, 0) is 0 Å². The molecular formula is C16H20N6O. The Bertz CT molecular complexity index is 694. The summed E-state index contributed by atoms with van der Waals surface area (Å²) in [6.07, 6.45) is 0. The van der Waals surface area contributed by atoms with Crippen LogP contribution in [0.4, 0.5) is 5.82 Å². The molecule has 2 heterocycles. The second-order valence-electron chi connectivity index (χ2n) is 5.39. The molecule has 0 atom stereocenters. The minimum Gasteiger partial charge on any atom is -0.497 e. The number of anilines is 1. The maximum absolute atomic E-state index is 9.37. The number of hydrogen-bond donors (Lipinski definition) is 0. The topological polar surface area (TPSA) is 70.2 Å². The first-order chi connectivity index (χ1) is 11.2. The lowest BCUT2D eigenvalue weighted by Crippen LogP contribution is -2.46. The molecule has 7 heteroatoms. The molecule has 1 aliphatic rings. The zero-order valence-electron chi connectivity index (χ0n) is 13.4. The zero-order chi connectivity index (χ0) is 16.2. The van der Waals surface area contributed by atoms with Crippen LogP contribution in [0.25, 0.3) is 5.69 Å². The van der Waals surface area contributed by atoms with Crippen molar-refractivity contribution in [2.45, 2.75) is 6.92 Å². The smallest absolute Gasteiger partial charge is 0.207 e.